The molecule has 3 nitrogen and oxygen atoms in total. The molecule has 1 aromatic heterocycles. The molecule has 4 heteroatoms. The monoisotopic (exact) mass is 307 g/mol. The number of hydrogen-bond acceptors (Lipinski definition) is 3. The molecule has 2 fully saturated rings. The van der Waals surface area contributed by atoms with Crippen LogP contribution in [0.25, 0.3) is 0 Å². The molecule has 1 aliphatic carbocycles. The third kappa shape index (κ3) is 3.03. The van der Waals surface area contributed by atoms with E-state index in [0.29, 0.717) is 11.2 Å². The lowest BCUT2D eigenvalue weighted by molar-refractivity contribution is 0.242. The predicted octanol–water partition coefficient (Wildman–Crippen LogP) is 4.55. The SMILES string of the molecule is CCCc1nc(Cl)c(C)c(N2CCCC3CCCCC32)n1. The van der Waals surface area contributed by atoms with Crippen LogP contribution in [-0.2, 0) is 6.42 Å². The molecule has 0 spiro atoms. The molecule has 0 radical (unpaired) electrons. The molecule has 1 aromatic rings. The van der Waals surface area contributed by atoms with Gasteiger partial charge in [0.2, 0.25) is 0 Å². The highest BCUT2D eigenvalue weighted by Crippen LogP contribution is 2.38. The number of hydrogen-bond donors (Lipinski definition) is 0. The van der Waals surface area contributed by atoms with E-state index >= 15 is 0 Å². The summed E-state index contributed by atoms with van der Waals surface area (Å²) in [5.41, 5.74) is 1.06. The van der Waals surface area contributed by atoms with E-state index < -0.39 is 0 Å². The lowest BCUT2D eigenvalue weighted by atomic mass is 9.78. The van der Waals surface area contributed by atoms with E-state index in [9.17, 15) is 0 Å². The van der Waals surface area contributed by atoms with Gasteiger partial charge in [-0.15, -0.1) is 0 Å². The van der Waals surface area contributed by atoms with Gasteiger partial charge in [0.05, 0.1) is 0 Å². The van der Waals surface area contributed by atoms with Crippen LogP contribution in [0.1, 0.15) is 63.3 Å². The first-order chi connectivity index (χ1) is 10.2. The number of aromatic nitrogens is 2. The minimum absolute atomic E-state index is 0.640. The topological polar surface area (TPSA) is 29.0 Å². The zero-order valence-electron chi connectivity index (χ0n) is 13.2. The van der Waals surface area contributed by atoms with E-state index in [-0.39, 0.29) is 0 Å². The number of piperidine rings is 1. The highest BCUT2D eigenvalue weighted by molar-refractivity contribution is 6.30. The molecule has 2 unspecified atom stereocenters. The van der Waals surface area contributed by atoms with Gasteiger partial charge in [-0.3, -0.25) is 0 Å². The Morgan fingerprint density at radius 2 is 1.90 bits per heavy atom. The summed E-state index contributed by atoms with van der Waals surface area (Å²) >= 11 is 6.37. The van der Waals surface area contributed by atoms with Gasteiger partial charge in [-0.2, -0.15) is 0 Å². The minimum atomic E-state index is 0.640. The van der Waals surface area contributed by atoms with Crippen molar-refractivity contribution in [3.63, 3.8) is 0 Å². The molecular weight excluding hydrogens is 282 g/mol. The van der Waals surface area contributed by atoms with Gasteiger partial charge in [0, 0.05) is 24.6 Å². The van der Waals surface area contributed by atoms with E-state index in [0.717, 1.165) is 42.5 Å². The summed E-state index contributed by atoms with van der Waals surface area (Å²) in [5.74, 6) is 2.87. The fourth-order valence-electron chi connectivity index (χ4n) is 4.02. The van der Waals surface area contributed by atoms with Crippen LogP contribution >= 0.6 is 11.6 Å². The molecule has 3 rings (SSSR count). The van der Waals surface area contributed by atoms with Gasteiger partial charge < -0.3 is 4.90 Å². The Morgan fingerprint density at radius 1 is 1.14 bits per heavy atom. The van der Waals surface area contributed by atoms with Gasteiger partial charge in [-0.1, -0.05) is 31.4 Å². The molecule has 2 atom stereocenters. The molecule has 1 saturated carbocycles. The first-order valence-electron chi connectivity index (χ1n) is 8.50. The van der Waals surface area contributed by atoms with Crippen molar-refractivity contribution in [2.45, 2.75) is 71.3 Å². The van der Waals surface area contributed by atoms with Crippen LogP contribution in [0.2, 0.25) is 5.15 Å². The van der Waals surface area contributed by atoms with Gasteiger partial charge in [-0.25, -0.2) is 9.97 Å². The summed E-state index contributed by atoms with van der Waals surface area (Å²) in [6.45, 7) is 5.36. The summed E-state index contributed by atoms with van der Waals surface area (Å²) in [6, 6.07) is 0.673. The molecule has 116 valence electrons. The third-order valence-electron chi connectivity index (χ3n) is 5.10. The van der Waals surface area contributed by atoms with E-state index in [1.165, 1.54) is 38.5 Å². The Bertz CT molecular complexity index is 501. The maximum atomic E-state index is 6.37. The van der Waals surface area contributed by atoms with Crippen molar-refractivity contribution >= 4 is 17.4 Å². The van der Waals surface area contributed by atoms with Crippen molar-refractivity contribution in [2.75, 3.05) is 11.4 Å². The quantitative estimate of drug-likeness (QED) is 0.767. The zero-order valence-corrected chi connectivity index (χ0v) is 14.0. The number of halogens is 1. The first kappa shape index (κ1) is 15.1. The lowest BCUT2D eigenvalue weighted by Crippen LogP contribution is -2.47. The summed E-state index contributed by atoms with van der Waals surface area (Å²) < 4.78 is 0. The van der Waals surface area contributed by atoms with Gasteiger partial charge in [-0.05, 0) is 44.9 Å². The number of aryl methyl sites for hydroxylation is 1. The predicted molar refractivity (Wildman–Crippen MR) is 88.1 cm³/mol. The normalized spacial score (nSPS) is 25.8. The number of anilines is 1. The minimum Gasteiger partial charge on any atom is -0.353 e. The van der Waals surface area contributed by atoms with E-state index in [1.54, 1.807) is 0 Å². The van der Waals surface area contributed by atoms with Crippen LogP contribution in [0.15, 0.2) is 0 Å². The first-order valence-corrected chi connectivity index (χ1v) is 8.88. The van der Waals surface area contributed by atoms with E-state index in [2.05, 4.69) is 23.7 Å². The largest absolute Gasteiger partial charge is 0.353 e. The van der Waals surface area contributed by atoms with E-state index in [1.807, 2.05) is 0 Å². The fraction of sp³-hybridized carbons (Fsp3) is 0.765. The molecule has 1 aliphatic heterocycles. The number of rotatable bonds is 3. The van der Waals surface area contributed by atoms with Crippen LogP contribution in [0.5, 0.6) is 0 Å². The second-order valence-electron chi connectivity index (χ2n) is 6.58. The van der Waals surface area contributed by atoms with Crippen LogP contribution in [0, 0.1) is 12.8 Å². The van der Waals surface area contributed by atoms with Crippen molar-refractivity contribution < 1.29 is 0 Å². The van der Waals surface area contributed by atoms with Crippen molar-refractivity contribution in [1.29, 1.82) is 0 Å². The molecule has 0 N–H and O–H groups in total. The standard InChI is InChI=1S/C17H26ClN3/c1-3-7-15-19-16(18)12(2)17(20-15)21-11-6-9-13-8-4-5-10-14(13)21/h13-14H,3-11H2,1-2H3. The number of fused-ring (bicyclic) bond motifs is 1. The maximum absolute atomic E-state index is 6.37. The fourth-order valence-corrected chi connectivity index (χ4v) is 4.21. The second-order valence-corrected chi connectivity index (χ2v) is 6.93. The molecule has 0 amide bonds. The van der Waals surface area contributed by atoms with Crippen molar-refractivity contribution in [3.8, 4) is 0 Å². The van der Waals surface area contributed by atoms with Crippen LogP contribution < -0.4 is 4.90 Å². The Kier molecular flexibility index (Phi) is 4.68. The Morgan fingerprint density at radius 3 is 2.71 bits per heavy atom. The lowest BCUT2D eigenvalue weighted by Gasteiger charge is -2.45. The molecule has 2 heterocycles. The number of nitrogens with zero attached hydrogens (tertiary/aromatic N) is 3. The Balaban J connectivity index is 1.94. The average Bonchev–Trinajstić information content (AvgIpc) is 2.50. The van der Waals surface area contributed by atoms with Crippen LogP contribution in [0.4, 0.5) is 5.82 Å². The van der Waals surface area contributed by atoms with Crippen molar-refractivity contribution in [3.05, 3.63) is 16.5 Å². The highest BCUT2D eigenvalue weighted by Gasteiger charge is 2.34. The van der Waals surface area contributed by atoms with Crippen molar-refractivity contribution in [1.82, 2.24) is 9.97 Å². The van der Waals surface area contributed by atoms with Gasteiger partial charge in [0.15, 0.2) is 0 Å². The van der Waals surface area contributed by atoms with Crippen LogP contribution in [0.3, 0.4) is 0 Å². The van der Waals surface area contributed by atoms with Crippen molar-refractivity contribution in [2.24, 2.45) is 5.92 Å². The molecule has 21 heavy (non-hydrogen) atoms. The molecule has 1 saturated heterocycles. The van der Waals surface area contributed by atoms with Gasteiger partial charge in [0.1, 0.15) is 16.8 Å². The van der Waals surface area contributed by atoms with E-state index in [4.69, 9.17) is 16.6 Å². The van der Waals surface area contributed by atoms with Crippen LogP contribution in [-0.4, -0.2) is 22.6 Å². The Hall–Kier alpha value is -0.830. The second kappa shape index (κ2) is 6.51. The summed E-state index contributed by atoms with van der Waals surface area (Å²) in [7, 11) is 0. The molecule has 0 aromatic carbocycles. The van der Waals surface area contributed by atoms with Gasteiger partial charge in [0.25, 0.3) is 0 Å². The molecule has 0 bridgehead atoms. The Labute approximate surface area is 133 Å². The average molecular weight is 308 g/mol. The van der Waals surface area contributed by atoms with Gasteiger partial charge >= 0.3 is 0 Å². The highest BCUT2D eigenvalue weighted by atomic mass is 35.5. The smallest absolute Gasteiger partial charge is 0.137 e. The summed E-state index contributed by atoms with van der Waals surface area (Å²) in [5, 5.41) is 0.640. The molecule has 2 aliphatic rings. The molecular formula is C17H26ClN3. The maximum Gasteiger partial charge on any atom is 0.137 e. The zero-order chi connectivity index (χ0) is 14.8. The summed E-state index contributed by atoms with van der Waals surface area (Å²) in [4.78, 5) is 11.9. The summed E-state index contributed by atoms with van der Waals surface area (Å²) in [6.07, 6.45) is 10.1. The third-order valence-corrected chi connectivity index (χ3v) is 5.46.